The molecule has 0 saturated heterocycles. The molecule has 1 amide bonds. The normalized spacial score (nSPS) is 20.1. The third kappa shape index (κ3) is 3.10. The van der Waals surface area contributed by atoms with Crippen LogP contribution >= 0.6 is 23.7 Å². The molecule has 148 valence electrons. The van der Waals surface area contributed by atoms with E-state index >= 15 is 0 Å². The van der Waals surface area contributed by atoms with Crippen LogP contribution in [0.1, 0.15) is 16.7 Å². The van der Waals surface area contributed by atoms with Gasteiger partial charge in [-0.1, -0.05) is 0 Å². The van der Waals surface area contributed by atoms with Gasteiger partial charge in [0.2, 0.25) is 0 Å². The minimum atomic E-state index is -1.06. The molecule has 0 N–H and O–H groups in total. The SMILES string of the molecule is CN1C(=O)C(c2cccc(-c3cncs3)c2)(c2ccc3c(c2)CCO3)N=C1[AsH2].Cl. The van der Waals surface area contributed by atoms with E-state index in [9.17, 15) is 4.79 Å². The Morgan fingerprint density at radius 3 is 2.76 bits per heavy atom. The number of fused-ring (bicyclic) bond motifs is 1. The summed E-state index contributed by atoms with van der Waals surface area (Å²) in [6.45, 7) is 0.686. The third-order valence-electron chi connectivity index (χ3n) is 5.34. The van der Waals surface area contributed by atoms with Crippen molar-refractivity contribution in [3.8, 4) is 16.2 Å². The van der Waals surface area contributed by atoms with Gasteiger partial charge in [-0.05, 0) is 0 Å². The van der Waals surface area contributed by atoms with E-state index < -0.39 is 5.54 Å². The van der Waals surface area contributed by atoms with Gasteiger partial charge < -0.3 is 0 Å². The second-order valence-electron chi connectivity index (χ2n) is 6.91. The van der Waals surface area contributed by atoms with Crippen LogP contribution in [0.2, 0.25) is 0 Å². The Labute approximate surface area is 187 Å². The average molecular weight is 488 g/mol. The van der Waals surface area contributed by atoms with Gasteiger partial charge in [-0.2, -0.15) is 0 Å². The van der Waals surface area contributed by atoms with E-state index in [1.807, 2.05) is 42.0 Å². The van der Waals surface area contributed by atoms with Crippen LogP contribution in [0.4, 0.5) is 0 Å². The summed E-state index contributed by atoms with van der Waals surface area (Å²) >= 11 is 2.94. The Morgan fingerprint density at radius 2 is 2.03 bits per heavy atom. The summed E-state index contributed by atoms with van der Waals surface area (Å²) < 4.78 is 6.43. The Hall–Kier alpha value is -2.14. The number of halogens is 1. The standard InChI is InChI=1S/C21H18AsN3O2S.ClH/c1-25-19(26)21(24-20(25)22,16-5-6-17-13(9-16)7-8-27-17)15-4-2-3-14(10-15)18-11-23-12-28-18;/h2-6,9-12H,7-8,22H2,1H3;1H. The molecule has 1 aromatic heterocycles. The number of benzene rings is 2. The van der Waals surface area contributed by atoms with Gasteiger partial charge in [-0.15, -0.1) is 12.4 Å². The first-order valence-corrected chi connectivity index (χ1v) is 11.1. The van der Waals surface area contributed by atoms with Gasteiger partial charge >= 0.3 is 176 Å². The van der Waals surface area contributed by atoms with Crippen LogP contribution in [0.15, 0.2) is 59.2 Å². The van der Waals surface area contributed by atoms with E-state index in [0.29, 0.717) is 6.61 Å². The number of carbonyl (C=O) groups is 1. The zero-order chi connectivity index (χ0) is 19.3. The largest absolute Gasteiger partial charge is 0.147 e. The number of amides is 1. The predicted molar refractivity (Wildman–Crippen MR) is 120 cm³/mol. The van der Waals surface area contributed by atoms with Crippen molar-refractivity contribution in [1.29, 1.82) is 0 Å². The zero-order valence-electron chi connectivity index (χ0n) is 15.7. The molecule has 0 radical (unpaired) electrons. The van der Waals surface area contributed by atoms with Crippen LogP contribution in [-0.4, -0.2) is 50.9 Å². The van der Waals surface area contributed by atoms with Gasteiger partial charge in [0.15, 0.2) is 0 Å². The molecule has 0 fully saturated rings. The molecular formula is C21H19AsClN3O2S. The van der Waals surface area contributed by atoms with Crippen LogP contribution in [0, 0.1) is 0 Å². The zero-order valence-corrected chi connectivity index (χ0v) is 19.7. The molecule has 0 spiro atoms. The molecule has 2 aliphatic heterocycles. The van der Waals surface area contributed by atoms with Gasteiger partial charge in [0.05, 0.1) is 0 Å². The van der Waals surface area contributed by atoms with Gasteiger partial charge in [0.1, 0.15) is 0 Å². The van der Waals surface area contributed by atoms with Crippen LogP contribution in [-0.2, 0) is 16.8 Å². The van der Waals surface area contributed by atoms with E-state index in [4.69, 9.17) is 9.73 Å². The molecule has 29 heavy (non-hydrogen) atoms. The second kappa shape index (κ2) is 7.60. The van der Waals surface area contributed by atoms with Gasteiger partial charge in [0, 0.05) is 0 Å². The molecule has 0 bridgehead atoms. The smallest absolute Gasteiger partial charge is 0.147 e. The quantitative estimate of drug-likeness (QED) is 0.534. The molecule has 2 aromatic carbocycles. The first kappa shape index (κ1) is 20.1. The fourth-order valence-corrected chi connectivity index (χ4v) is 5.12. The number of nitrogens with zero attached hydrogens (tertiary/aromatic N) is 3. The number of likely N-dealkylation sites (N-methyl/N-ethyl adjacent to an activating group) is 1. The van der Waals surface area contributed by atoms with E-state index in [2.05, 4.69) is 17.1 Å². The summed E-state index contributed by atoms with van der Waals surface area (Å²) in [4.78, 5) is 25.4. The number of aliphatic imine (C=N–C) groups is 1. The fraction of sp³-hybridized carbons (Fsp3) is 0.190. The Bertz CT molecular complexity index is 1120. The minimum Gasteiger partial charge on any atom is -0.147 e. The van der Waals surface area contributed by atoms with Crippen molar-refractivity contribution < 1.29 is 9.53 Å². The Balaban J connectivity index is 0.00000205. The summed E-state index contributed by atoms with van der Waals surface area (Å²) in [5, 5.41) is 0. The molecule has 8 heteroatoms. The molecule has 5 rings (SSSR count). The van der Waals surface area contributed by atoms with Crippen molar-refractivity contribution in [1.82, 2.24) is 9.88 Å². The van der Waals surface area contributed by atoms with Crippen molar-refractivity contribution in [2.24, 2.45) is 4.99 Å². The third-order valence-corrected chi connectivity index (χ3v) is 7.25. The van der Waals surface area contributed by atoms with Crippen LogP contribution in [0.25, 0.3) is 10.4 Å². The number of aromatic nitrogens is 1. The van der Waals surface area contributed by atoms with Gasteiger partial charge in [0.25, 0.3) is 0 Å². The summed E-state index contributed by atoms with van der Waals surface area (Å²) in [5.41, 5.74) is 4.71. The van der Waals surface area contributed by atoms with Crippen LogP contribution < -0.4 is 4.74 Å². The first-order chi connectivity index (χ1) is 13.6. The van der Waals surface area contributed by atoms with E-state index in [-0.39, 0.29) is 18.3 Å². The number of hydrogen-bond acceptors (Lipinski definition) is 5. The van der Waals surface area contributed by atoms with E-state index in [0.717, 1.165) is 43.9 Å². The minimum absolute atomic E-state index is 0. The summed E-state index contributed by atoms with van der Waals surface area (Å²) in [6.07, 6.45) is 2.71. The average Bonchev–Trinajstić information content (AvgIpc) is 3.45. The van der Waals surface area contributed by atoms with Gasteiger partial charge in [-0.25, -0.2) is 0 Å². The summed E-state index contributed by atoms with van der Waals surface area (Å²) in [7, 11) is 1.80. The maximum absolute atomic E-state index is 13.5. The maximum Gasteiger partial charge on any atom is -0.147 e. The van der Waals surface area contributed by atoms with Crippen molar-refractivity contribution in [2.75, 3.05) is 13.7 Å². The molecule has 2 aliphatic rings. The van der Waals surface area contributed by atoms with Crippen molar-refractivity contribution in [3.63, 3.8) is 0 Å². The summed E-state index contributed by atoms with van der Waals surface area (Å²) in [6, 6.07) is 14.1. The molecule has 2 unspecified atom stereocenters. The number of carbonyl (C=O) groups excluding carboxylic acids is 1. The second-order valence-corrected chi connectivity index (χ2v) is 8.88. The van der Waals surface area contributed by atoms with E-state index in [1.54, 1.807) is 23.3 Å². The molecule has 0 saturated carbocycles. The number of thiazole rings is 1. The topological polar surface area (TPSA) is 54.8 Å². The number of ether oxygens (including phenoxy) is 1. The molecule has 0 aliphatic carbocycles. The first-order valence-electron chi connectivity index (χ1n) is 8.99. The predicted octanol–water partition coefficient (Wildman–Crippen LogP) is 2.87. The monoisotopic (exact) mass is 487 g/mol. The molecule has 3 aromatic rings. The van der Waals surface area contributed by atoms with Crippen LogP contribution in [0.5, 0.6) is 5.75 Å². The number of amidine groups is 1. The summed E-state index contributed by atoms with van der Waals surface area (Å²) in [5.74, 6) is 0.883. The van der Waals surface area contributed by atoms with E-state index in [1.165, 1.54) is 16.9 Å². The van der Waals surface area contributed by atoms with Crippen molar-refractivity contribution in [2.45, 2.75) is 12.0 Å². The van der Waals surface area contributed by atoms with Crippen molar-refractivity contribution in [3.05, 3.63) is 70.9 Å². The number of rotatable bonds is 3. The molecular weight excluding hydrogens is 469 g/mol. The molecule has 2 atom stereocenters. The fourth-order valence-electron chi connectivity index (χ4n) is 3.85. The van der Waals surface area contributed by atoms with Crippen LogP contribution in [0.3, 0.4) is 0 Å². The maximum atomic E-state index is 13.5. The molecule has 3 heterocycles. The molecule has 5 nitrogen and oxygen atoms in total. The Kier molecular flexibility index (Phi) is 5.28. The van der Waals surface area contributed by atoms with Crippen molar-refractivity contribution >= 4 is 51.1 Å². The Morgan fingerprint density at radius 1 is 1.21 bits per heavy atom. The number of hydrogen-bond donors (Lipinski definition) is 0. The van der Waals surface area contributed by atoms with Gasteiger partial charge in [-0.3, -0.25) is 0 Å².